The standard InChI is InChI=1S/C24H22F4N2O4/c1-2-19-18(11-29-22(31)16-7-6-15(25)10-17(16)26)30-23(33-19)14-5-8-20(34-24(27)28)21(9-14)32-12-13-3-4-13/h5-10,13,24H,2-4,11-12H2,1H3,(H,29,31). The van der Waals surface area contributed by atoms with Gasteiger partial charge < -0.3 is 19.2 Å². The molecule has 0 bridgehead atoms. The molecule has 1 fully saturated rings. The van der Waals surface area contributed by atoms with Crippen LogP contribution in [0.2, 0.25) is 0 Å². The van der Waals surface area contributed by atoms with Crippen molar-refractivity contribution in [1.29, 1.82) is 0 Å². The minimum absolute atomic E-state index is 0.0556. The maximum Gasteiger partial charge on any atom is 0.387 e. The molecule has 34 heavy (non-hydrogen) atoms. The zero-order valence-corrected chi connectivity index (χ0v) is 18.2. The molecule has 6 nitrogen and oxygen atoms in total. The molecule has 10 heteroatoms. The average molecular weight is 478 g/mol. The lowest BCUT2D eigenvalue weighted by molar-refractivity contribution is -0.0515. The second-order valence-corrected chi connectivity index (χ2v) is 7.84. The third-order valence-corrected chi connectivity index (χ3v) is 5.27. The predicted octanol–water partition coefficient (Wildman–Crippen LogP) is 5.50. The molecule has 0 atom stereocenters. The first-order chi connectivity index (χ1) is 16.3. The molecule has 0 spiro atoms. The first-order valence-electron chi connectivity index (χ1n) is 10.8. The third-order valence-electron chi connectivity index (χ3n) is 5.27. The number of aryl methyl sites for hydroxylation is 1. The van der Waals surface area contributed by atoms with Crippen molar-refractivity contribution in [1.82, 2.24) is 10.3 Å². The van der Waals surface area contributed by atoms with Gasteiger partial charge in [0.25, 0.3) is 5.91 Å². The molecule has 0 aliphatic heterocycles. The molecule has 1 amide bonds. The van der Waals surface area contributed by atoms with E-state index in [1.807, 2.05) is 6.92 Å². The van der Waals surface area contributed by atoms with Crippen molar-refractivity contribution in [2.75, 3.05) is 6.61 Å². The molecule has 0 unspecified atom stereocenters. The van der Waals surface area contributed by atoms with Gasteiger partial charge in [0.1, 0.15) is 23.1 Å². The molecule has 0 radical (unpaired) electrons. The fourth-order valence-corrected chi connectivity index (χ4v) is 3.29. The Balaban J connectivity index is 1.52. The summed E-state index contributed by atoms with van der Waals surface area (Å²) in [5, 5.41) is 2.54. The SMILES string of the molecule is CCc1oc(-c2ccc(OC(F)F)c(OCC3CC3)c2)nc1CNC(=O)c1ccc(F)cc1F. The number of carbonyl (C=O) groups is 1. The number of hydrogen-bond donors (Lipinski definition) is 1. The number of nitrogens with zero attached hydrogens (tertiary/aromatic N) is 1. The summed E-state index contributed by atoms with van der Waals surface area (Å²) in [6, 6.07) is 7.07. The Morgan fingerprint density at radius 3 is 2.65 bits per heavy atom. The summed E-state index contributed by atoms with van der Waals surface area (Å²) < 4.78 is 68.5. The Bertz CT molecular complexity index is 1180. The van der Waals surface area contributed by atoms with E-state index in [0.717, 1.165) is 25.0 Å². The van der Waals surface area contributed by atoms with Crippen LogP contribution < -0.4 is 14.8 Å². The molecule has 1 heterocycles. The van der Waals surface area contributed by atoms with Gasteiger partial charge in [0.15, 0.2) is 11.5 Å². The summed E-state index contributed by atoms with van der Waals surface area (Å²) in [6.07, 6.45) is 2.52. The molecule has 1 aromatic heterocycles. The molecular formula is C24H22F4N2O4. The molecule has 1 N–H and O–H groups in total. The van der Waals surface area contributed by atoms with Crippen LogP contribution in [0.3, 0.4) is 0 Å². The number of benzene rings is 2. The minimum atomic E-state index is -3.00. The second kappa shape index (κ2) is 10.1. The predicted molar refractivity (Wildman–Crippen MR) is 114 cm³/mol. The molecule has 3 aromatic rings. The Morgan fingerprint density at radius 1 is 1.18 bits per heavy atom. The maximum absolute atomic E-state index is 13.9. The van der Waals surface area contributed by atoms with Gasteiger partial charge in [0, 0.05) is 18.1 Å². The van der Waals surface area contributed by atoms with E-state index in [1.54, 1.807) is 0 Å². The number of amides is 1. The van der Waals surface area contributed by atoms with Gasteiger partial charge in [0.2, 0.25) is 5.89 Å². The normalized spacial score (nSPS) is 13.2. The van der Waals surface area contributed by atoms with E-state index in [9.17, 15) is 22.4 Å². The van der Waals surface area contributed by atoms with Crippen molar-refractivity contribution in [2.45, 2.75) is 39.3 Å². The Labute approximate surface area is 192 Å². The highest BCUT2D eigenvalue weighted by Crippen LogP contribution is 2.36. The summed E-state index contributed by atoms with van der Waals surface area (Å²) in [5.41, 5.74) is 0.598. The van der Waals surface area contributed by atoms with Crippen LogP contribution in [0.5, 0.6) is 11.5 Å². The van der Waals surface area contributed by atoms with Crippen LogP contribution in [-0.4, -0.2) is 24.1 Å². The first kappa shape index (κ1) is 23.6. The molecule has 0 saturated heterocycles. The average Bonchev–Trinajstić information content (AvgIpc) is 3.53. The van der Waals surface area contributed by atoms with Crippen LogP contribution in [0.1, 0.15) is 41.6 Å². The Kier molecular flexibility index (Phi) is 7.04. The third kappa shape index (κ3) is 5.67. The van der Waals surface area contributed by atoms with Crippen LogP contribution in [0.4, 0.5) is 17.6 Å². The molecule has 2 aromatic carbocycles. The fraction of sp³-hybridized carbons (Fsp3) is 0.333. The van der Waals surface area contributed by atoms with Gasteiger partial charge in [-0.2, -0.15) is 8.78 Å². The number of rotatable bonds is 10. The summed E-state index contributed by atoms with van der Waals surface area (Å²) in [7, 11) is 0. The Morgan fingerprint density at radius 2 is 1.97 bits per heavy atom. The lowest BCUT2D eigenvalue weighted by Gasteiger charge is -2.12. The highest BCUT2D eigenvalue weighted by molar-refractivity contribution is 5.94. The quantitative estimate of drug-likeness (QED) is 0.390. The van der Waals surface area contributed by atoms with E-state index in [1.165, 1.54) is 18.2 Å². The summed E-state index contributed by atoms with van der Waals surface area (Å²) in [5.74, 6) is -1.32. The maximum atomic E-state index is 13.9. The van der Waals surface area contributed by atoms with Gasteiger partial charge in [-0.05, 0) is 49.1 Å². The molecular weight excluding hydrogens is 456 g/mol. The number of carbonyl (C=O) groups excluding carboxylic acids is 1. The monoisotopic (exact) mass is 478 g/mol. The summed E-state index contributed by atoms with van der Waals surface area (Å²) >= 11 is 0. The van der Waals surface area contributed by atoms with Crippen molar-refractivity contribution in [2.24, 2.45) is 5.92 Å². The van der Waals surface area contributed by atoms with Crippen molar-refractivity contribution >= 4 is 5.91 Å². The van der Waals surface area contributed by atoms with Gasteiger partial charge in [-0.15, -0.1) is 0 Å². The van der Waals surface area contributed by atoms with Crippen LogP contribution in [0.25, 0.3) is 11.5 Å². The number of alkyl halides is 2. The summed E-state index contributed by atoms with van der Waals surface area (Å²) in [4.78, 5) is 16.7. The molecule has 1 aliphatic carbocycles. The second-order valence-electron chi connectivity index (χ2n) is 7.84. The lowest BCUT2D eigenvalue weighted by atomic mass is 10.2. The number of nitrogens with one attached hydrogen (secondary N) is 1. The summed E-state index contributed by atoms with van der Waals surface area (Å²) in [6.45, 7) is -0.825. The Hall–Kier alpha value is -3.56. The molecule has 4 rings (SSSR count). The van der Waals surface area contributed by atoms with Crippen molar-refractivity contribution < 1.29 is 36.2 Å². The largest absolute Gasteiger partial charge is 0.489 e. The highest BCUT2D eigenvalue weighted by Gasteiger charge is 2.24. The van der Waals surface area contributed by atoms with Crippen LogP contribution >= 0.6 is 0 Å². The molecule has 1 aliphatic rings. The van der Waals surface area contributed by atoms with Crippen molar-refractivity contribution in [3.05, 3.63) is 65.1 Å². The van der Waals surface area contributed by atoms with Gasteiger partial charge in [0.05, 0.1) is 18.7 Å². The van der Waals surface area contributed by atoms with Crippen molar-refractivity contribution in [3.8, 4) is 23.0 Å². The zero-order valence-electron chi connectivity index (χ0n) is 18.2. The van der Waals surface area contributed by atoms with Gasteiger partial charge in [-0.1, -0.05) is 6.92 Å². The van der Waals surface area contributed by atoms with E-state index >= 15 is 0 Å². The van der Waals surface area contributed by atoms with E-state index in [0.29, 0.717) is 42.0 Å². The first-order valence-corrected chi connectivity index (χ1v) is 10.8. The number of aromatic nitrogens is 1. The van der Waals surface area contributed by atoms with Gasteiger partial charge >= 0.3 is 6.61 Å². The van der Waals surface area contributed by atoms with Gasteiger partial charge in [-0.25, -0.2) is 13.8 Å². The molecule has 180 valence electrons. The number of halogens is 4. The van der Waals surface area contributed by atoms with E-state index in [-0.39, 0.29) is 29.5 Å². The van der Waals surface area contributed by atoms with Gasteiger partial charge in [-0.3, -0.25) is 4.79 Å². The number of hydrogen-bond acceptors (Lipinski definition) is 5. The molecule has 1 saturated carbocycles. The van der Waals surface area contributed by atoms with Crippen LogP contribution in [0.15, 0.2) is 40.8 Å². The lowest BCUT2D eigenvalue weighted by Crippen LogP contribution is -2.24. The number of ether oxygens (including phenoxy) is 2. The minimum Gasteiger partial charge on any atom is -0.489 e. The topological polar surface area (TPSA) is 73.6 Å². The highest BCUT2D eigenvalue weighted by atomic mass is 19.3. The fourth-order valence-electron chi connectivity index (χ4n) is 3.29. The van der Waals surface area contributed by atoms with E-state index in [2.05, 4.69) is 15.0 Å². The van der Waals surface area contributed by atoms with Crippen LogP contribution in [0, 0.1) is 17.6 Å². The van der Waals surface area contributed by atoms with Crippen molar-refractivity contribution in [3.63, 3.8) is 0 Å². The smallest absolute Gasteiger partial charge is 0.387 e. The van der Waals surface area contributed by atoms with E-state index in [4.69, 9.17) is 9.15 Å². The van der Waals surface area contributed by atoms with E-state index < -0.39 is 24.2 Å². The number of oxazole rings is 1. The van der Waals surface area contributed by atoms with Crippen LogP contribution in [-0.2, 0) is 13.0 Å². The zero-order chi connectivity index (χ0) is 24.2.